The maximum atomic E-state index is 3.59. The average Bonchev–Trinajstić information content (AvgIpc) is 3.01. The summed E-state index contributed by atoms with van der Waals surface area (Å²) >= 11 is 0. The monoisotopic (exact) mass is 240 g/mol. The highest BCUT2D eigenvalue weighted by atomic mass is 15.2. The quantitative estimate of drug-likeness (QED) is 0.855. The van der Waals surface area contributed by atoms with Crippen molar-refractivity contribution in [3.8, 4) is 0 Å². The number of rotatable bonds is 2. The summed E-state index contributed by atoms with van der Waals surface area (Å²) in [6.45, 7) is 7.13. The number of benzene rings is 1. The number of anilines is 1. The Morgan fingerprint density at radius 3 is 3.11 bits per heavy atom. The summed E-state index contributed by atoms with van der Waals surface area (Å²) in [4.78, 5) is 2.61. The summed E-state index contributed by atoms with van der Waals surface area (Å²) in [6, 6.07) is 8.64. The van der Waals surface area contributed by atoms with Crippen LogP contribution < -0.4 is 5.32 Å². The van der Waals surface area contributed by atoms with Crippen LogP contribution in [0, 0.1) is 11.3 Å². The molecule has 1 saturated carbocycles. The summed E-state index contributed by atoms with van der Waals surface area (Å²) in [6.07, 6.45) is 3.87. The minimum Gasteiger partial charge on any atom is -0.381 e. The molecular formula is C16H20N2. The molecule has 3 aliphatic rings. The van der Waals surface area contributed by atoms with E-state index in [2.05, 4.69) is 47.5 Å². The molecule has 0 aromatic heterocycles. The fraction of sp³-hybridized carbons (Fsp3) is 0.500. The highest BCUT2D eigenvalue weighted by molar-refractivity contribution is 5.73. The molecule has 2 heterocycles. The van der Waals surface area contributed by atoms with E-state index >= 15 is 0 Å². The number of hydrogen-bond acceptors (Lipinski definition) is 2. The summed E-state index contributed by atoms with van der Waals surface area (Å²) in [7, 11) is 0. The summed E-state index contributed by atoms with van der Waals surface area (Å²) in [5.41, 5.74) is 4.83. The summed E-state index contributed by atoms with van der Waals surface area (Å²) < 4.78 is 0. The van der Waals surface area contributed by atoms with Crippen molar-refractivity contribution in [3.63, 3.8) is 0 Å². The zero-order chi connectivity index (χ0) is 12.2. The van der Waals surface area contributed by atoms with Gasteiger partial charge in [-0.05, 0) is 36.1 Å². The van der Waals surface area contributed by atoms with Gasteiger partial charge in [0.25, 0.3) is 0 Å². The zero-order valence-electron chi connectivity index (χ0n) is 10.9. The van der Waals surface area contributed by atoms with Gasteiger partial charge in [-0.15, -0.1) is 0 Å². The molecule has 1 aromatic carbocycles. The van der Waals surface area contributed by atoms with Crippen LogP contribution in [0.4, 0.5) is 5.69 Å². The van der Waals surface area contributed by atoms with Gasteiger partial charge in [0, 0.05) is 30.7 Å². The minimum atomic E-state index is 0.524. The third kappa shape index (κ3) is 1.39. The predicted octanol–water partition coefficient (Wildman–Crippen LogP) is 2.84. The number of nitrogens with zero attached hydrogens (tertiary/aromatic N) is 1. The number of para-hydroxylation sites is 1. The third-order valence-electron chi connectivity index (χ3n) is 5.06. The Bertz CT molecular complexity index is 520. The second-order valence-electron chi connectivity index (χ2n) is 6.00. The van der Waals surface area contributed by atoms with E-state index in [0.29, 0.717) is 5.41 Å². The third-order valence-corrected chi connectivity index (χ3v) is 5.06. The molecule has 2 aliphatic heterocycles. The van der Waals surface area contributed by atoms with Crippen LogP contribution in [0.25, 0.3) is 6.08 Å². The summed E-state index contributed by atoms with van der Waals surface area (Å²) in [5.74, 6) is 0.927. The molecule has 94 valence electrons. The first-order chi connectivity index (χ1) is 8.82. The van der Waals surface area contributed by atoms with Crippen molar-refractivity contribution in [2.75, 3.05) is 31.5 Å². The second-order valence-corrected chi connectivity index (χ2v) is 6.00. The maximum Gasteiger partial charge on any atom is 0.0416 e. The van der Waals surface area contributed by atoms with Crippen molar-refractivity contribution >= 4 is 11.8 Å². The van der Waals surface area contributed by atoms with E-state index in [1.54, 1.807) is 5.57 Å². The fourth-order valence-electron chi connectivity index (χ4n) is 3.86. The lowest BCUT2D eigenvalue weighted by atomic mass is 9.90. The van der Waals surface area contributed by atoms with Crippen molar-refractivity contribution in [1.29, 1.82) is 0 Å². The van der Waals surface area contributed by atoms with Gasteiger partial charge in [-0.2, -0.15) is 0 Å². The first-order valence-electron chi connectivity index (χ1n) is 7.08. The highest BCUT2D eigenvalue weighted by Gasteiger charge is 2.61. The lowest BCUT2D eigenvalue weighted by Crippen LogP contribution is -2.27. The van der Waals surface area contributed by atoms with Crippen LogP contribution in [0.3, 0.4) is 0 Å². The molecule has 2 nitrogen and oxygen atoms in total. The molecule has 2 atom stereocenters. The molecule has 2 unspecified atom stereocenters. The van der Waals surface area contributed by atoms with E-state index < -0.39 is 0 Å². The topological polar surface area (TPSA) is 15.3 Å². The van der Waals surface area contributed by atoms with Crippen LogP contribution in [-0.2, 0) is 0 Å². The van der Waals surface area contributed by atoms with Crippen LogP contribution in [0.1, 0.15) is 18.9 Å². The van der Waals surface area contributed by atoms with Gasteiger partial charge in [0.05, 0.1) is 0 Å². The molecule has 4 rings (SSSR count). The molecule has 1 saturated heterocycles. The Kier molecular flexibility index (Phi) is 2.13. The van der Waals surface area contributed by atoms with Gasteiger partial charge >= 0.3 is 0 Å². The van der Waals surface area contributed by atoms with E-state index in [1.807, 2.05) is 0 Å². The first-order valence-corrected chi connectivity index (χ1v) is 7.08. The standard InChI is InChI=1S/C16H20N2/c1-2-18-10-14-8-16(14,11-18)13-7-12-5-3-4-6-15(12)17-9-13/h3-7,14,17H,2,8-11H2,1H3. The number of hydrogen-bond donors (Lipinski definition) is 1. The van der Waals surface area contributed by atoms with Crippen molar-refractivity contribution in [1.82, 2.24) is 4.90 Å². The SMILES string of the molecule is CCN1CC2CC2(C2=Cc3ccccc3NC2)C1. The lowest BCUT2D eigenvalue weighted by Gasteiger charge is -2.26. The van der Waals surface area contributed by atoms with Crippen LogP contribution in [0.15, 0.2) is 29.8 Å². The molecule has 0 amide bonds. The van der Waals surface area contributed by atoms with E-state index in [0.717, 1.165) is 12.5 Å². The smallest absolute Gasteiger partial charge is 0.0416 e. The van der Waals surface area contributed by atoms with Crippen molar-refractivity contribution in [2.45, 2.75) is 13.3 Å². The predicted molar refractivity (Wildman–Crippen MR) is 75.6 cm³/mol. The molecule has 2 heteroatoms. The van der Waals surface area contributed by atoms with E-state index in [9.17, 15) is 0 Å². The van der Waals surface area contributed by atoms with Gasteiger partial charge in [0.15, 0.2) is 0 Å². The van der Waals surface area contributed by atoms with Crippen molar-refractivity contribution in [2.24, 2.45) is 11.3 Å². The zero-order valence-corrected chi connectivity index (χ0v) is 10.9. The van der Waals surface area contributed by atoms with E-state index in [1.165, 1.54) is 37.3 Å². The molecule has 0 radical (unpaired) electrons. The van der Waals surface area contributed by atoms with Crippen LogP contribution in [0.5, 0.6) is 0 Å². The molecular weight excluding hydrogens is 220 g/mol. The number of piperidine rings is 1. The normalized spacial score (nSPS) is 33.4. The number of likely N-dealkylation sites (tertiary alicyclic amines) is 1. The Morgan fingerprint density at radius 1 is 1.39 bits per heavy atom. The highest BCUT2D eigenvalue weighted by Crippen LogP contribution is 2.62. The molecule has 0 bridgehead atoms. The Balaban J connectivity index is 1.66. The second kappa shape index (κ2) is 3.61. The van der Waals surface area contributed by atoms with E-state index in [4.69, 9.17) is 0 Å². The van der Waals surface area contributed by atoms with Crippen molar-refractivity contribution in [3.05, 3.63) is 35.4 Å². The van der Waals surface area contributed by atoms with Gasteiger partial charge in [-0.3, -0.25) is 0 Å². The largest absolute Gasteiger partial charge is 0.381 e. The van der Waals surface area contributed by atoms with Gasteiger partial charge in [0.1, 0.15) is 0 Å². The van der Waals surface area contributed by atoms with Crippen LogP contribution in [0.2, 0.25) is 0 Å². The van der Waals surface area contributed by atoms with Crippen LogP contribution >= 0.6 is 0 Å². The van der Waals surface area contributed by atoms with Gasteiger partial charge in [-0.25, -0.2) is 0 Å². The van der Waals surface area contributed by atoms with Crippen LogP contribution in [-0.4, -0.2) is 31.1 Å². The number of nitrogens with one attached hydrogen (secondary N) is 1. The molecule has 2 fully saturated rings. The Morgan fingerprint density at radius 2 is 2.28 bits per heavy atom. The maximum absolute atomic E-state index is 3.59. The minimum absolute atomic E-state index is 0.524. The first kappa shape index (κ1) is 10.6. The Labute approximate surface area is 109 Å². The number of fused-ring (bicyclic) bond motifs is 2. The molecule has 0 spiro atoms. The average molecular weight is 240 g/mol. The van der Waals surface area contributed by atoms with Gasteiger partial charge in [-0.1, -0.05) is 31.2 Å². The Hall–Kier alpha value is -1.28. The molecule has 18 heavy (non-hydrogen) atoms. The molecule has 1 N–H and O–H groups in total. The van der Waals surface area contributed by atoms with Gasteiger partial charge in [0.2, 0.25) is 0 Å². The summed E-state index contributed by atoms with van der Waals surface area (Å²) in [5, 5.41) is 3.59. The lowest BCUT2D eigenvalue weighted by molar-refractivity contribution is 0.305. The molecule has 1 aromatic rings. The van der Waals surface area contributed by atoms with Crippen molar-refractivity contribution < 1.29 is 0 Å². The van der Waals surface area contributed by atoms with E-state index in [-0.39, 0.29) is 0 Å². The fourth-order valence-corrected chi connectivity index (χ4v) is 3.86. The molecule has 1 aliphatic carbocycles. The van der Waals surface area contributed by atoms with Gasteiger partial charge < -0.3 is 10.2 Å².